The molecular formula is C19H26N2O4. The van der Waals surface area contributed by atoms with E-state index in [-0.39, 0.29) is 23.7 Å². The molecule has 0 radical (unpaired) electrons. The highest BCUT2D eigenvalue weighted by atomic mass is 16.4. The maximum Gasteiger partial charge on any atom is 0.306 e. The predicted octanol–water partition coefficient (Wildman–Crippen LogP) is 3.00. The van der Waals surface area contributed by atoms with Gasteiger partial charge in [0.25, 0.3) is 5.91 Å². The highest BCUT2D eigenvalue weighted by Crippen LogP contribution is 2.30. The van der Waals surface area contributed by atoms with Crippen LogP contribution in [-0.2, 0) is 9.59 Å². The minimum atomic E-state index is -0.776. The molecule has 0 bridgehead atoms. The van der Waals surface area contributed by atoms with Crippen molar-refractivity contribution in [2.75, 3.05) is 18.4 Å². The smallest absolute Gasteiger partial charge is 0.306 e. The van der Waals surface area contributed by atoms with Gasteiger partial charge in [0.15, 0.2) is 0 Å². The fourth-order valence-electron chi connectivity index (χ4n) is 3.27. The molecule has 1 aliphatic carbocycles. The number of aliphatic carboxylic acids is 1. The van der Waals surface area contributed by atoms with Crippen molar-refractivity contribution in [2.45, 2.75) is 39.5 Å². The van der Waals surface area contributed by atoms with Gasteiger partial charge in [-0.3, -0.25) is 14.4 Å². The fourth-order valence-corrected chi connectivity index (χ4v) is 3.27. The van der Waals surface area contributed by atoms with Crippen molar-refractivity contribution in [2.24, 2.45) is 11.8 Å². The van der Waals surface area contributed by atoms with Gasteiger partial charge in [0.1, 0.15) is 0 Å². The molecule has 136 valence electrons. The fraction of sp³-hybridized carbons (Fsp3) is 0.526. The van der Waals surface area contributed by atoms with E-state index < -0.39 is 5.97 Å². The van der Waals surface area contributed by atoms with Crippen LogP contribution in [-0.4, -0.2) is 40.9 Å². The SMILES string of the molecule is CCN(CC)C(=O)c1cccc(NC(=O)C2CCC(C(=O)O)CC2)c1. The van der Waals surface area contributed by atoms with Gasteiger partial charge in [0, 0.05) is 30.3 Å². The molecule has 0 heterocycles. The Bertz CT molecular complexity index is 632. The topological polar surface area (TPSA) is 86.7 Å². The van der Waals surface area contributed by atoms with Gasteiger partial charge in [-0.1, -0.05) is 6.07 Å². The number of carbonyl (C=O) groups excluding carboxylic acids is 2. The summed E-state index contributed by atoms with van der Waals surface area (Å²) in [5.41, 5.74) is 1.15. The molecule has 6 heteroatoms. The first-order valence-corrected chi connectivity index (χ1v) is 8.89. The van der Waals surface area contributed by atoms with E-state index in [2.05, 4.69) is 5.32 Å². The van der Waals surface area contributed by atoms with Crippen molar-refractivity contribution < 1.29 is 19.5 Å². The molecule has 1 aromatic rings. The first-order valence-electron chi connectivity index (χ1n) is 8.89. The standard InChI is InChI=1S/C19H26N2O4/c1-3-21(4-2)18(23)15-6-5-7-16(12-15)20-17(22)13-8-10-14(11-9-13)19(24)25/h5-7,12-14H,3-4,8-11H2,1-2H3,(H,20,22)(H,24,25). The molecule has 0 aromatic heterocycles. The summed E-state index contributed by atoms with van der Waals surface area (Å²) in [6, 6.07) is 6.96. The number of carbonyl (C=O) groups is 3. The molecule has 0 aliphatic heterocycles. The zero-order valence-corrected chi connectivity index (χ0v) is 14.8. The van der Waals surface area contributed by atoms with Crippen molar-refractivity contribution in [1.29, 1.82) is 0 Å². The van der Waals surface area contributed by atoms with E-state index in [1.165, 1.54) is 0 Å². The van der Waals surface area contributed by atoms with Crippen molar-refractivity contribution in [1.82, 2.24) is 4.90 Å². The lowest BCUT2D eigenvalue weighted by Crippen LogP contribution is -2.31. The predicted molar refractivity (Wildman–Crippen MR) is 95.4 cm³/mol. The van der Waals surface area contributed by atoms with Crippen molar-refractivity contribution >= 4 is 23.5 Å². The summed E-state index contributed by atoms with van der Waals surface area (Å²) in [5, 5.41) is 11.9. The van der Waals surface area contributed by atoms with E-state index in [4.69, 9.17) is 5.11 Å². The number of benzene rings is 1. The number of hydrogen-bond donors (Lipinski definition) is 2. The maximum absolute atomic E-state index is 12.4. The molecule has 2 rings (SSSR count). The van der Waals surface area contributed by atoms with E-state index in [0.29, 0.717) is 50.0 Å². The molecule has 25 heavy (non-hydrogen) atoms. The van der Waals surface area contributed by atoms with Gasteiger partial charge in [0.05, 0.1) is 5.92 Å². The largest absolute Gasteiger partial charge is 0.481 e. The number of carboxylic acids is 1. The van der Waals surface area contributed by atoms with Crippen molar-refractivity contribution in [3.05, 3.63) is 29.8 Å². The first-order chi connectivity index (χ1) is 12.0. The van der Waals surface area contributed by atoms with Gasteiger partial charge in [-0.05, 0) is 57.7 Å². The number of carboxylic acid groups (broad SMARTS) is 1. The Morgan fingerprint density at radius 1 is 1.08 bits per heavy atom. The zero-order chi connectivity index (χ0) is 18.4. The lowest BCUT2D eigenvalue weighted by Gasteiger charge is -2.25. The molecule has 6 nitrogen and oxygen atoms in total. The van der Waals surface area contributed by atoms with E-state index in [1.54, 1.807) is 29.2 Å². The third-order valence-corrected chi connectivity index (χ3v) is 4.87. The average molecular weight is 346 g/mol. The van der Waals surface area contributed by atoms with E-state index in [1.807, 2.05) is 13.8 Å². The van der Waals surface area contributed by atoms with Gasteiger partial charge in [-0.2, -0.15) is 0 Å². The minimum absolute atomic E-state index is 0.0527. The molecule has 1 aromatic carbocycles. The summed E-state index contributed by atoms with van der Waals surface area (Å²) < 4.78 is 0. The summed E-state index contributed by atoms with van der Waals surface area (Å²) >= 11 is 0. The lowest BCUT2D eigenvalue weighted by molar-refractivity contribution is -0.143. The molecular weight excluding hydrogens is 320 g/mol. The molecule has 2 amide bonds. The van der Waals surface area contributed by atoms with E-state index in [0.717, 1.165) is 0 Å². The first kappa shape index (κ1) is 19.0. The van der Waals surface area contributed by atoms with Gasteiger partial charge >= 0.3 is 5.97 Å². The lowest BCUT2D eigenvalue weighted by atomic mass is 9.81. The van der Waals surface area contributed by atoms with Crippen LogP contribution in [0.1, 0.15) is 49.9 Å². The normalized spacial score (nSPS) is 19.9. The molecule has 1 aliphatic rings. The van der Waals surface area contributed by atoms with Crippen LogP contribution in [0, 0.1) is 11.8 Å². The number of anilines is 1. The number of rotatable bonds is 6. The molecule has 1 fully saturated rings. The highest BCUT2D eigenvalue weighted by molar-refractivity contribution is 5.97. The summed E-state index contributed by atoms with van der Waals surface area (Å²) in [6.07, 6.45) is 2.24. The van der Waals surface area contributed by atoms with Gasteiger partial charge < -0.3 is 15.3 Å². The van der Waals surface area contributed by atoms with Crippen LogP contribution >= 0.6 is 0 Å². The van der Waals surface area contributed by atoms with Crippen LogP contribution in [0.25, 0.3) is 0 Å². The van der Waals surface area contributed by atoms with Crippen LogP contribution in [0.4, 0.5) is 5.69 Å². The van der Waals surface area contributed by atoms with Crippen LogP contribution in [0.5, 0.6) is 0 Å². The Morgan fingerprint density at radius 3 is 2.24 bits per heavy atom. The Labute approximate surface area is 148 Å². The van der Waals surface area contributed by atoms with Crippen LogP contribution in [0.2, 0.25) is 0 Å². The average Bonchev–Trinajstić information content (AvgIpc) is 2.63. The van der Waals surface area contributed by atoms with Gasteiger partial charge in [0.2, 0.25) is 5.91 Å². The maximum atomic E-state index is 12.4. The number of amides is 2. The molecule has 0 unspecified atom stereocenters. The Hall–Kier alpha value is -2.37. The second-order valence-electron chi connectivity index (χ2n) is 6.43. The van der Waals surface area contributed by atoms with Gasteiger partial charge in [-0.25, -0.2) is 0 Å². The molecule has 1 saturated carbocycles. The quantitative estimate of drug-likeness (QED) is 0.829. The molecule has 0 spiro atoms. The Morgan fingerprint density at radius 2 is 1.68 bits per heavy atom. The monoisotopic (exact) mass is 346 g/mol. The Balaban J connectivity index is 1.99. The number of hydrogen-bond acceptors (Lipinski definition) is 3. The van der Waals surface area contributed by atoms with Gasteiger partial charge in [-0.15, -0.1) is 0 Å². The second-order valence-corrected chi connectivity index (χ2v) is 6.43. The van der Waals surface area contributed by atoms with Crippen LogP contribution < -0.4 is 5.32 Å². The second kappa shape index (κ2) is 8.65. The molecule has 2 N–H and O–H groups in total. The molecule has 0 saturated heterocycles. The van der Waals surface area contributed by atoms with Crippen molar-refractivity contribution in [3.63, 3.8) is 0 Å². The van der Waals surface area contributed by atoms with Crippen molar-refractivity contribution in [3.8, 4) is 0 Å². The number of nitrogens with zero attached hydrogens (tertiary/aromatic N) is 1. The number of nitrogens with one attached hydrogen (secondary N) is 1. The zero-order valence-electron chi connectivity index (χ0n) is 14.8. The van der Waals surface area contributed by atoms with Crippen LogP contribution in [0.3, 0.4) is 0 Å². The highest BCUT2D eigenvalue weighted by Gasteiger charge is 2.29. The summed E-state index contributed by atoms with van der Waals surface area (Å²) in [7, 11) is 0. The van der Waals surface area contributed by atoms with Crippen LogP contribution in [0.15, 0.2) is 24.3 Å². The third kappa shape index (κ3) is 4.81. The summed E-state index contributed by atoms with van der Waals surface area (Å²) in [5.74, 6) is -1.43. The third-order valence-electron chi connectivity index (χ3n) is 4.87. The van der Waals surface area contributed by atoms with E-state index in [9.17, 15) is 14.4 Å². The minimum Gasteiger partial charge on any atom is -0.481 e. The van der Waals surface area contributed by atoms with E-state index >= 15 is 0 Å². The summed E-state index contributed by atoms with van der Waals surface area (Å²) in [4.78, 5) is 37.5. The molecule has 0 atom stereocenters. The summed E-state index contributed by atoms with van der Waals surface area (Å²) in [6.45, 7) is 5.14. The Kier molecular flexibility index (Phi) is 6.56.